The Bertz CT molecular complexity index is 188. The Morgan fingerprint density at radius 2 is 2.55 bits per heavy atom. The van der Waals surface area contributed by atoms with Crippen LogP contribution in [0.15, 0.2) is 11.8 Å². The molecule has 0 bridgehead atoms. The van der Waals surface area contributed by atoms with E-state index in [0.717, 1.165) is 0 Å². The highest BCUT2D eigenvalue weighted by atomic mass is 16.7. The van der Waals surface area contributed by atoms with E-state index < -0.39 is 0 Å². The quantitative estimate of drug-likeness (QED) is 0.464. The van der Waals surface area contributed by atoms with E-state index in [0.29, 0.717) is 12.2 Å². The number of hydroxylamine groups is 1. The molecule has 62 valence electrons. The minimum Gasteiger partial charge on any atom is -0.501 e. The van der Waals surface area contributed by atoms with Gasteiger partial charge in [0.1, 0.15) is 0 Å². The molecule has 11 heavy (non-hydrogen) atoms. The van der Waals surface area contributed by atoms with Crippen molar-refractivity contribution >= 4 is 5.97 Å². The number of ether oxygens (including phenoxy) is 1. The summed E-state index contributed by atoms with van der Waals surface area (Å²) in [5, 5.41) is 0. The van der Waals surface area contributed by atoms with Crippen LogP contribution in [0, 0.1) is 0 Å². The van der Waals surface area contributed by atoms with E-state index in [9.17, 15) is 4.79 Å². The maximum atomic E-state index is 10.9. The van der Waals surface area contributed by atoms with Crippen molar-refractivity contribution in [3.63, 3.8) is 0 Å². The fraction of sp³-hybridized carbons (Fsp3) is 0.571. The van der Waals surface area contributed by atoms with Crippen molar-refractivity contribution in [2.24, 2.45) is 0 Å². The molecule has 0 aliphatic carbocycles. The molecule has 1 heterocycles. The van der Waals surface area contributed by atoms with Gasteiger partial charge < -0.3 is 9.57 Å². The highest BCUT2D eigenvalue weighted by Gasteiger charge is 2.27. The summed E-state index contributed by atoms with van der Waals surface area (Å²) >= 11 is 0. The van der Waals surface area contributed by atoms with Gasteiger partial charge in [0.15, 0.2) is 0 Å². The van der Waals surface area contributed by atoms with Crippen LogP contribution in [-0.2, 0) is 14.4 Å². The SMILES string of the molecule is CCO/C=C1/C(=O)ONC1C. The molecule has 1 fully saturated rings. The van der Waals surface area contributed by atoms with Crippen LogP contribution >= 0.6 is 0 Å². The molecule has 0 aromatic heterocycles. The molecule has 0 radical (unpaired) electrons. The molecule has 0 saturated carbocycles. The van der Waals surface area contributed by atoms with Crippen molar-refractivity contribution in [3.05, 3.63) is 11.8 Å². The van der Waals surface area contributed by atoms with E-state index in [1.165, 1.54) is 6.26 Å². The standard InChI is InChI=1S/C7H11NO3/c1-3-10-4-6-5(2)8-11-7(6)9/h4-5,8H,3H2,1-2H3/b6-4+. The van der Waals surface area contributed by atoms with Crippen molar-refractivity contribution in [3.8, 4) is 0 Å². The second kappa shape index (κ2) is 3.39. The smallest absolute Gasteiger partial charge is 0.357 e. The second-order valence-electron chi connectivity index (χ2n) is 2.26. The average Bonchev–Trinajstić information content (AvgIpc) is 2.29. The van der Waals surface area contributed by atoms with Gasteiger partial charge in [-0.1, -0.05) is 0 Å². The lowest BCUT2D eigenvalue weighted by molar-refractivity contribution is -0.140. The van der Waals surface area contributed by atoms with Gasteiger partial charge in [0.2, 0.25) is 0 Å². The van der Waals surface area contributed by atoms with Gasteiger partial charge in [-0.3, -0.25) is 0 Å². The number of rotatable bonds is 2. The van der Waals surface area contributed by atoms with Crippen LogP contribution in [0.1, 0.15) is 13.8 Å². The molecule has 1 saturated heterocycles. The zero-order chi connectivity index (χ0) is 8.27. The Balaban J connectivity index is 2.60. The van der Waals surface area contributed by atoms with Crippen molar-refractivity contribution in [1.29, 1.82) is 0 Å². The van der Waals surface area contributed by atoms with E-state index in [1.807, 2.05) is 13.8 Å². The maximum Gasteiger partial charge on any atom is 0.357 e. The highest BCUT2D eigenvalue weighted by Crippen LogP contribution is 2.10. The minimum atomic E-state index is -0.356. The number of nitrogens with one attached hydrogen (secondary N) is 1. The Morgan fingerprint density at radius 3 is 3.00 bits per heavy atom. The van der Waals surface area contributed by atoms with Crippen LogP contribution < -0.4 is 5.48 Å². The Kier molecular flexibility index (Phi) is 2.48. The predicted octanol–water partition coefficient (Wildman–Crippen LogP) is 0.357. The topological polar surface area (TPSA) is 47.6 Å². The largest absolute Gasteiger partial charge is 0.501 e. The molecule has 1 aliphatic rings. The van der Waals surface area contributed by atoms with Crippen molar-refractivity contribution < 1.29 is 14.4 Å². The zero-order valence-corrected chi connectivity index (χ0v) is 6.59. The van der Waals surface area contributed by atoms with Crippen LogP contribution in [0.3, 0.4) is 0 Å². The third kappa shape index (κ3) is 1.71. The summed E-state index contributed by atoms with van der Waals surface area (Å²) in [4.78, 5) is 15.4. The molecule has 0 amide bonds. The molecule has 0 spiro atoms. The summed E-state index contributed by atoms with van der Waals surface area (Å²) < 4.78 is 4.96. The summed E-state index contributed by atoms with van der Waals surface area (Å²) in [7, 11) is 0. The molecule has 0 aromatic rings. The lowest BCUT2D eigenvalue weighted by Gasteiger charge is -1.98. The van der Waals surface area contributed by atoms with Gasteiger partial charge in [-0.2, -0.15) is 0 Å². The van der Waals surface area contributed by atoms with Crippen molar-refractivity contribution in [2.45, 2.75) is 19.9 Å². The van der Waals surface area contributed by atoms with Crippen LogP contribution in [-0.4, -0.2) is 18.6 Å². The molecule has 0 aromatic carbocycles. The number of carbonyl (C=O) groups excluding carboxylic acids is 1. The lowest BCUT2D eigenvalue weighted by Crippen LogP contribution is -2.16. The van der Waals surface area contributed by atoms with Crippen LogP contribution in [0.5, 0.6) is 0 Å². The number of hydrogen-bond acceptors (Lipinski definition) is 4. The monoisotopic (exact) mass is 157 g/mol. The molecule has 1 rings (SSSR count). The summed E-state index contributed by atoms with van der Waals surface area (Å²) in [5.41, 5.74) is 3.06. The van der Waals surface area contributed by atoms with E-state index in [1.54, 1.807) is 0 Å². The van der Waals surface area contributed by atoms with Gasteiger partial charge in [-0.25, -0.2) is 4.79 Å². The first-order chi connectivity index (χ1) is 5.25. The molecule has 1 N–H and O–H groups in total. The Hall–Kier alpha value is -1.03. The van der Waals surface area contributed by atoms with Crippen LogP contribution in [0.4, 0.5) is 0 Å². The van der Waals surface area contributed by atoms with E-state index in [2.05, 4.69) is 10.3 Å². The zero-order valence-electron chi connectivity index (χ0n) is 6.59. The van der Waals surface area contributed by atoms with Gasteiger partial charge in [0.05, 0.1) is 24.5 Å². The van der Waals surface area contributed by atoms with E-state index >= 15 is 0 Å². The molecular weight excluding hydrogens is 146 g/mol. The van der Waals surface area contributed by atoms with Gasteiger partial charge in [-0.05, 0) is 13.8 Å². The van der Waals surface area contributed by atoms with Gasteiger partial charge >= 0.3 is 5.97 Å². The first kappa shape index (κ1) is 8.07. The molecule has 1 aliphatic heterocycles. The minimum absolute atomic E-state index is 0.0750. The van der Waals surface area contributed by atoms with Crippen molar-refractivity contribution in [1.82, 2.24) is 5.48 Å². The summed E-state index contributed by atoms with van der Waals surface area (Å²) in [6, 6.07) is -0.0750. The summed E-state index contributed by atoms with van der Waals surface area (Å²) in [5.74, 6) is -0.356. The normalized spacial score (nSPS) is 27.3. The first-order valence-corrected chi connectivity index (χ1v) is 3.54. The lowest BCUT2D eigenvalue weighted by atomic mass is 10.2. The fourth-order valence-corrected chi connectivity index (χ4v) is 0.764. The highest BCUT2D eigenvalue weighted by molar-refractivity contribution is 5.90. The molecule has 4 nitrogen and oxygen atoms in total. The molecular formula is C7H11NO3. The van der Waals surface area contributed by atoms with E-state index in [4.69, 9.17) is 4.74 Å². The predicted molar refractivity (Wildman–Crippen MR) is 38.4 cm³/mol. The third-order valence-electron chi connectivity index (χ3n) is 1.41. The number of hydrogen-bond donors (Lipinski definition) is 1. The third-order valence-corrected chi connectivity index (χ3v) is 1.41. The van der Waals surface area contributed by atoms with Crippen LogP contribution in [0.2, 0.25) is 0 Å². The van der Waals surface area contributed by atoms with E-state index in [-0.39, 0.29) is 12.0 Å². The van der Waals surface area contributed by atoms with Gasteiger partial charge in [-0.15, -0.1) is 5.48 Å². The van der Waals surface area contributed by atoms with Gasteiger partial charge in [0, 0.05) is 0 Å². The Morgan fingerprint density at radius 1 is 1.82 bits per heavy atom. The molecule has 1 unspecified atom stereocenters. The van der Waals surface area contributed by atoms with Crippen molar-refractivity contribution in [2.75, 3.05) is 6.61 Å². The Labute approximate surface area is 65.1 Å². The average molecular weight is 157 g/mol. The summed E-state index contributed by atoms with van der Waals surface area (Å²) in [6.45, 7) is 4.24. The fourth-order valence-electron chi connectivity index (χ4n) is 0.764. The second-order valence-corrected chi connectivity index (χ2v) is 2.26. The summed E-state index contributed by atoms with van der Waals surface area (Å²) in [6.07, 6.45) is 1.44. The maximum absolute atomic E-state index is 10.9. The van der Waals surface area contributed by atoms with Gasteiger partial charge in [0.25, 0.3) is 0 Å². The molecule has 1 atom stereocenters. The number of carbonyl (C=O) groups is 1. The van der Waals surface area contributed by atoms with Crippen LogP contribution in [0.25, 0.3) is 0 Å². The first-order valence-electron chi connectivity index (χ1n) is 3.54. The molecule has 4 heteroatoms.